The fourth-order valence-electron chi connectivity index (χ4n) is 4.58. The second-order valence-corrected chi connectivity index (χ2v) is 9.69. The summed E-state index contributed by atoms with van der Waals surface area (Å²) < 4.78 is 6.01. The van der Waals surface area contributed by atoms with Gasteiger partial charge in [-0.3, -0.25) is 9.69 Å². The molecule has 0 radical (unpaired) electrons. The molecule has 1 aliphatic carbocycles. The summed E-state index contributed by atoms with van der Waals surface area (Å²) in [6.45, 7) is 0. The first-order valence-electron chi connectivity index (χ1n) is 11.1. The number of carbonyl (C=O) groups is 2. The molecule has 174 valence electrons. The molecule has 2 aromatic rings. The van der Waals surface area contributed by atoms with Crippen LogP contribution in [-0.4, -0.2) is 72.2 Å². The first-order chi connectivity index (χ1) is 16.4. The second-order valence-electron chi connectivity index (χ2n) is 8.61. The minimum atomic E-state index is -0.629. The van der Waals surface area contributed by atoms with Crippen molar-refractivity contribution >= 4 is 40.5 Å². The number of aliphatic imine (C=N–C) groups is 2. The van der Waals surface area contributed by atoms with Gasteiger partial charge in [0.2, 0.25) is 0 Å². The molecule has 1 aromatic carbocycles. The van der Waals surface area contributed by atoms with E-state index in [2.05, 4.69) is 16.1 Å². The number of carbonyl (C=O) groups excluding carboxylic acids is 2. The van der Waals surface area contributed by atoms with E-state index in [1.165, 1.54) is 16.8 Å². The van der Waals surface area contributed by atoms with Crippen molar-refractivity contribution < 1.29 is 14.3 Å². The maximum absolute atomic E-state index is 12.6. The van der Waals surface area contributed by atoms with Crippen LogP contribution in [0.4, 0.5) is 9.80 Å². The number of thiophene rings is 1. The van der Waals surface area contributed by atoms with Gasteiger partial charge in [-0.25, -0.2) is 14.8 Å². The molecule has 34 heavy (non-hydrogen) atoms. The molecule has 3 aliphatic rings. The van der Waals surface area contributed by atoms with Crippen molar-refractivity contribution in [2.75, 3.05) is 21.1 Å². The number of ether oxygens (including phenoxy) is 1. The van der Waals surface area contributed by atoms with Gasteiger partial charge in [0.25, 0.3) is 11.9 Å². The summed E-state index contributed by atoms with van der Waals surface area (Å²) in [7, 11) is 4.82. The van der Waals surface area contributed by atoms with Crippen molar-refractivity contribution in [1.29, 1.82) is 5.26 Å². The van der Waals surface area contributed by atoms with Gasteiger partial charge in [-0.05, 0) is 48.9 Å². The Morgan fingerprint density at radius 2 is 2.00 bits per heavy atom. The average Bonchev–Trinajstić information content (AvgIpc) is 3.37. The molecule has 2 aliphatic heterocycles. The molecule has 0 unspecified atom stereocenters. The van der Waals surface area contributed by atoms with Crippen LogP contribution >= 0.6 is 11.3 Å². The standard InChI is InChI=1S/C24H24N6O3S/c1-28-19-20(29(2)24(32)30(3)22(19)31)27-23(28)33-15-8-6-7-14(11-15)13-26-21-17(12-25)16-9-4-5-10-18(16)34-21/h6-8,11,13,19-20H,4-5,9-10H2,1-3H3/t19-,20+/m1/s1. The maximum Gasteiger partial charge on any atom is 0.328 e. The smallest absolute Gasteiger partial charge is 0.328 e. The first-order valence-corrected chi connectivity index (χ1v) is 11.9. The van der Waals surface area contributed by atoms with Crippen molar-refractivity contribution in [3.63, 3.8) is 0 Å². The number of urea groups is 1. The third kappa shape index (κ3) is 3.62. The number of amides is 3. The molecule has 0 N–H and O–H groups in total. The van der Waals surface area contributed by atoms with Gasteiger partial charge in [0.1, 0.15) is 16.8 Å². The summed E-state index contributed by atoms with van der Waals surface area (Å²) in [5.41, 5.74) is 2.67. The molecule has 10 heteroatoms. The van der Waals surface area contributed by atoms with Crippen molar-refractivity contribution in [2.45, 2.75) is 37.9 Å². The lowest BCUT2D eigenvalue weighted by molar-refractivity contribution is -0.135. The van der Waals surface area contributed by atoms with Gasteiger partial charge in [0, 0.05) is 32.2 Å². The highest BCUT2D eigenvalue weighted by atomic mass is 32.1. The Morgan fingerprint density at radius 3 is 2.79 bits per heavy atom. The van der Waals surface area contributed by atoms with E-state index in [1.807, 2.05) is 18.2 Å². The summed E-state index contributed by atoms with van der Waals surface area (Å²) in [5, 5.41) is 10.4. The van der Waals surface area contributed by atoms with E-state index in [9.17, 15) is 14.9 Å². The Kier molecular flexibility index (Phi) is 5.57. The minimum Gasteiger partial charge on any atom is -0.426 e. The van der Waals surface area contributed by atoms with E-state index in [0.29, 0.717) is 11.3 Å². The normalized spacial score (nSPS) is 22.1. The molecule has 0 spiro atoms. The minimum absolute atomic E-state index is 0.269. The number of nitriles is 1. The molecule has 2 atom stereocenters. The number of likely N-dealkylation sites (N-methyl/N-ethyl adjacent to an activating group) is 3. The van der Waals surface area contributed by atoms with Gasteiger partial charge in [0.05, 0.1) is 5.56 Å². The van der Waals surface area contributed by atoms with Crippen LogP contribution in [0.1, 0.15) is 34.4 Å². The SMILES string of the molecule is CN1C(=O)[C@H]2[C@@H](N=C(Oc3cccc(C=Nc4sc5c(c4C#N)CCCC5)c3)N2C)N(C)C1=O. The molecule has 9 nitrogen and oxygen atoms in total. The van der Waals surface area contributed by atoms with E-state index in [4.69, 9.17) is 4.74 Å². The van der Waals surface area contributed by atoms with Gasteiger partial charge < -0.3 is 14.5 Å². The van der Waals surface area contributed by atoms with Crippen molar-refractivity contribution in [1.82, 2.24) is 14.7 Å². The van der Waals surface area contributed by atoms with Crippen molar-refractivity contribution in [3.8, 4) is 11.8 Å². The fraction of sp³-hybridized carbons (Fsp3) is 0.375. The quantitative estimate of drug-likeness (QED) is 0.634. The summed E-state index contributed by atoms with van der Waals surface area (Å²) in [6, 6.07) is 8.95. The fourth-order valence-corrected chi connectivity index (χ4v) is 5.76. The predicted molar refractivity (Wildman–Crippen MR) is 129 cm³/mol. The molecule has 1 aromatic heterocycles. The number of amidine groups is 1. The van der Waals surface area contributed by atoms with E-state index in [0.717, 1.165) is 46.7 Å². The summed E-state index contributed by atoms with van der Waals surface area (Å²) in [4.78, 5) is 39.5. The zero-order valence-electron chi connectivity index (χ0n) is 19.2. The number of benzene rings is 1. The highest BCUT2D eigenvalue weighted by Crippen LogP contribution is 2.39. The van der Waals surface area contributed by atoms with E-state index in [-0.39, 0.29) is 11.9 Å². The topological polar surface area (TPSA) is 102 Å². The molecule has 1 fully saturated rings. The lowest BCUT2D eigenvalue weighted by Gasteiger charge is -2.38. The van der Waals surface area contributed by atoms with Crippen molar-refractivity contribution in [2.24, 2.45) is 9.98 Å². The number of nitrogens with zero attached hydrogens (tertiary/aromatic N) is 6. The average molecular weight is 477 g/mol. The van der Waals surface area contributed by atoms with Crippen LogP contribution in [-0.2, 0) is 17.6 Å². The van der Waals surface area contributed by atoms with Gasteiger partial charge >= 0.3 is 6.03 Å². The lowest BCUT2D eigenvalue weighted by Crippen LogP contribution is -2.63. The summed E-state index contributed by atoms with van der Waals surface area (Å²) in [6.07, 6.45) is 5.35. The van der Waals surface area contributed by atoms with E-state index in [1.54, 1.807) is 42.6 Å². The van der Waals surface area contributed by atoms with Crippen LogP contribution in [0.15, 0.2) is 34.3 Å². The third-order valence-electron chi connectivity index (χ3n) is 6.48. The molecule has 5 rings (SSSR count). The first kappa shape index (κ1) is 22.1. The zero-order valence-corrected chi connectivity index (χ0v) is 20.0. The van der Waals surface area contributed by atoms with E-state index >= 15 is 0 Å². The Bertz CT molecular complexity index is 1280. The number of hydrogen-bond acceptors (Lipinski definition) is 8. The van der Waals surface area contributed by atoms with Crippen LogP contribution in [0, 0.1) is 11.3 Å². The Labute approximate surface area is 201 Å². The number of rotatable bonds is 3. The van der Waals surface area contributed by atoms with Crippen LogP contribution < -0.4 is 4.74 Å². The second kappa shape index (κ2) is 8.57. The molecule has 3 amide bonds. The lowest BCUT2D eigenvalue weighted by atomic mass is 9.96. The van der Waals surface area contributed by atoms with Gasteiger partial charge in [0.15, 0.2) is 12.2 Å². The molecular formula is C24H24N6O3S. The molecule has 1 saturated heterocycles. The summed E-state index contributed by atoms with van der Waals surface area (Å²) in [5.74, 6) is 0.222. The van der Waals surface area contributed by atoms with Crippen LogP contribution in [0.5, 0.6) is 5.75 Å². The molecule has 0 bridgehead atoms. The van der Waals surface area contributed by atoms with Crippen molar-refractivity contribution in [3.05, 3.63) is 45.8 Å². The highest BCUT2D eigenvalue weighted by molar-refractivity contribution is 7.16. The number of hydrogen-bond donors (Lipinski definition) is 0. The maximum atomic E-state index is 12.6. The molecule has 3 heterocycles. The van der Waals surface area contributed by atoms with Gasteiger partial charge in [-0.1, -0.05) is 12.1 Å². The van der Waals surface area contributed by atoms with Gasteiger partial charge in [-0.15, -0.1) is 11.3 Å². The van der Waals surface area contributed by atoms with Crippen LogP contribution in [0.25, 0.3) is 0 Å². The Morgan fingerprint density at radius 1 is 1.21 bits per heavy atom. The Hall–Kier alpha value is -3.71. The van der Waals surface area contributed by atoms with E-state index < -0.39 is 18.2 Å². The third-order valence-corrected chi connectivity index (χ3v) is 7.68. The zero-order chi connectivity index (χ0) is 24.0. The number of imide groups is 1. The molecule has 0 saturated carbocycles. The van der Waals surface area contributed by atoms with Gasteiger partial charge in [-0.2, -0.15) is 5.26 Å². The summed E-state index contributed by atoms with van der Waals surface area (Å²) >= 11 is 1.60. The monoisotopic (exact) mass is 476 g/mol. The molecular weight excluding hydrogens is 452 g/mol. The predicted octanol–water partition coefficient (Wildman–Crippen LogP) is 3.15. The highest BCUT2D eigenvalue weighted by Gasteiger charge is 2.50. The van der Waals surface area contributed by atoms with Crippen LogP contribution in [0.2, 0.25) is 0 Å². The number of fused-ring (bicyclic) bond motifs is 2. The van der Waals surface area contributed by atoms with Crippen LogP contribution in [0.3, 0.4) is 0 Å². The largest absolute Gasteiger partial charge is 0.426 e. The Balaban J connectivity index is 1.36. The number of aryl methyl sites for hydroxylation is 1.